The van der Waals surface area contributed by atoms with E-state index in [1.54, 1.807) is 0 Å². The number of amides is 2. The molecule has 0 aliphatic rings. The number of oxime groups is 1. The number of carbonyl (C=O) groups is 1. The van der Waals surface area contributed by atoms with E-state index in [9.17, 15) is 13.6 Å². The second-order valence-electron chi connectivity index (χ2n) is 3.35. The fourth-order valence-electron chi connectivity index (χ4n) is 1.11. The average molecular weight is 258 g/mol. The molecule has 0 bridgehead atoms. The largest absolute Gasteiger partial charge is 0.409 e. The zero-order chi connectivity index (χ0) is 13.5. The van der Waals surface area contributed by atoms with Crippen molar-refractivity contribution < 1.29 is 18.8 Å². The highest BCUT2D eigenvalue weighted by atomic mass is 19.1. The summed E-state index contributed by atoms with van der Waals surface area (Å²) in [5.74, 6) is -1.64. The summed E-state index contributed by atoms with van der Waals surface area (Å²) in [7, 11) is 0. The van der Waals surface area contributed by atoms with Gasteiger partial charge in [-0.15, -0.1) is 0 Å². The van der Waals surface area contributed by atoms with Gasteiger partial charge in [-0.3, -0.25) is 0 Å². The molecule has 2 amide bonds. The highest BCUT2D eigenvalue weighted by molar-refractivity contribution is 5.89. The fourth-order valence-corrected chi connectivity index (χ4v) is 1.11. The van der Waals surface area contributed by atoms with Crippen molar-refractivity contribution in [2.24, 2.45) is 10.9 Å². The maximum absolute atomic E-state index is 13.2. The molecule has 1 aromatic rings. The number of hydrogen-bond donors (Lipinski definition) is 4. The molecule has 0 heterocycles. The lowest BCUT2D eigenvalue weighted by Gasteiger charge is -2.07. The fraction of sp³-hybridized carbons (Fsp3) is 0.200. The van der Waals surface area contributed by atoms with Gasteiger partial charge in [0, 0.05) is 19.0 Å². The number of hydrogen-bond acceptors (Lipinski definition) is 3. The van der Waals surface area contributed by atoms with E-state index in [1.807, 2.05) is 0 Å². The van der Waals surface area contributed by atoms with Crippen LogP contribution in [-0.2, 0) is 0 Å². The maximum Gasteiger partial charge on any atom is 0.319 e. The monoisotopic (exact) mass is 258 g/mol. The number of nitrogens with two attached hydrogens (primary N) is 1. The lowest BCUT2D eigenvalue weighted by atomic mass is 10.3. The smallest absolute Gasteiger partial charge is 0.319 e. The van der Waals surface area contributed by atoms with Crippen LogP contribution in [0.5, 0.6) is 0 Å². The minimum Gasteiger partial charge on any atom is -0.409 e. The van der Waals surface area contributed by atoms with E-state index in [4.69, 9.17) is 10.9 Å². The van der Waals surface area contributed by atoms with Crippen molar-refractivity contribution in [3.63, 3.8) is 0 Å². The van der Waals surface area contributed by atoms with Gasteiger partial charge in [-0.25, -0.2) is 13.6 Å². The summed E-state index contributed by atoms with van der Waals surface area (Å²) >= 11 is 0. The zero-order valence-corrected chi connectivity index (χ0v) is 9.28. The van der Waals surface area contributed by atoms with E-state index in [0.717, 1.165) is 12.1 Å². The zero-order valence-electron chi connectivity index (χ0n) is 9.28. The van der Waals surface area contributed by atoms with Gasteiger partial charge in [0.05, 0.1) is 5.69 Å². The van der Waals surface area contributed by atoms with Gasteiger partial charge >= 0.3 is 6.03 Å². The van der Waals surface area contributed by atoms with Gasteiger partial charge in [-0.1, -0.05) is 5.16 Å². The Morgan fingerprint density at radius 2 is 2.17 bits per heavy atom. The third-order valence-electron chi connectivity index (χ3n) is 1.97. The summed E-state index contributed by atoms with van der Waals surface area (Å²) in [5.41, 5.74) is 5.04. The molecule has 0 radical (unpaired) electrons. The Balaban J connectivity index is 2.45. The minimum atomic E-state index is -0.874. The van der Waals surface area contributed by atoms with Crippen molar-refractivity contribution in [1.82, 2.24) is 5.32 Å². The molecule has 0 aromatic heterocycles. The maximum atomic E-state index is 13.2. The number of rotatable bonds is 4. The molecular weight excluding hydrogens is 246 g/mol. The molecule has 6 nitrogen and oxygen atoms in total. The molecular formula is C10H12F2N4O2. The molecule has 98 valence electrons. The first-order chi connectivity index (χ1) is 8.52. The topological polar surface area (TPSA) is 99.7 Å². The quantitative estimate of drug-likeness (QED) is 0.283. The summed E-state index contributed by atoms with van der Waals surface area (Å²) in [4.78, 5) is 11.3. The van der Waals surface area contributed by atoms with Crippen LogP contribution in [0.25, 0.3) is 0 Å². The van der Waals surface area contributed by atoms with Crippen LogP contribution in [0.4, 0.5) is 19.3 Å². The Hall–Kier alpha value is -2.38. The average Bonchev–Trinajstić information content (AvgIpc) is 2.32. The first-order valence-electron chi connectivity index (χ1n) is 4.99. The van der Waals surface area contributed by atoms with Crippen LogP contribution in [0.1, 0.15) is 6.42 Å². The third-order valence-corrected chi connectivity index (χ3v) is 1.97. The molecule has 0 aliphatic heterocycles. The van der Waals surface area contributed by atoms with E-state index in [-0.39, 0.29) is 24.5 Å². The number of urea groups is 1. The highest BCUT2D eigenvalue weighted by Crippen LogP contribution is 2.14. The highest BCUT2D eigenvalue weighted by Gasteiger charge is 2.07. The molecule has 18 heavy (non-hydrogen) atoms. The lowest BCUT2D eigenvalue weighted by Crippen LogP contribution is -2.32. The molecule has 8 heteroatoms. The molecule has 1 rings (SSSR count). The predicted octanol–water partition coefficient (Wildman–Crippen LogP) is 1.22. The Kier molecular flexibility index (Phi) is 4.85. The van der Waals surface area contributed by atoms with Gasteiger partial charge in [-0.2, -0.15) is 0 Å². The van der Waals surface area contributed by atoms with Gasteiger partial charge in [0.15, 0.2) is 0 Å². The summed E-state index contributed by atoms with van der Waals surface area (Å²) < 4.78 is 25.8. The molecule has 0 fully saturated rings. The summed E-state index contributed by atoms with van der Waals surface area (Å²) in [6, 6.07) is 2.11. The van der Waals surface area contributed by atoms with Crippen molar-refractivity contribution in [3.05, 3.63) is 29.8 Å². The van der Waals surface area contributed by atoms with Crippen molar-refractivity contribution in [1.29, 1.82) is 0 Å². The number of benzene rings is 1. The van der Waals surface area contributed by atoms with E-state index < -0.39 is 17.7 Å². The molecule has 0 saturated heterocycles. The van der Waals surface area contributed by atoms with Crippen molar-refractivity contribution in [2.45, 2.75) is 6.42 Å². The lowest BCUT2D eigenvalue weighted by molar-refractivity contribution is 0.252. The number of anilines is 1. The number of carbonyl (C=O) groups excluding carboxylic acids is 1. The molecule has 5 N–H and O–H groups in total. The molecule has 0 saturated carbocycles. The normalized spacial score (nSPS) is 11.1. The summed E-state index contributed by atoms with van der Waals surface area (Å²) in [6.45, 7) is 0.116. The van der Waals surface area contributed by atoms with Crippen molar-refractivity contribution in [3.8, 4) is 0 Å². The Labute approximate surface area is 101 Å². The third kappa shape index (κ3) is 4.24. The second-order valence-corrected chi connectivity index (χ2v) is 3.35. The number of halogens is 2. The van der Waals surface area contributed by atoms with E-state index >= 15 is 0 Å². The van der Waals surface area contributed by atoms with Gasteiger partial charge in [-0.05, 0) is 12.1 Å². The minimum absolute atomic E-state index is 0.0386. The van der Waals surface area contributed by atoms with E-state index in [0.29, 0.717) is 6.07 Å². The van der Waals surface area contributed by atoms with Crippen molar-refractivity contribution in [2.75, 3.05) is 11.9 Å². The van der Waals surface area contributed by atoms with Gasteiger partial charge in [0.1, 0.15) is 17.5 Å². The number of nitrogens with zero attached hydrogens (tertiary/aromatic N) is 1. The van der Waals surface area contributed by atoms with Gasteiger partial charge < -0.3 is 21.6 Å². The van der Waals surface area contributed by atoms with Crippen LogP contribution in [0.3, 0.4) is 0 Å². The van der Waals surface area contributed by atoms with Crippen LogP contribution in [0.2, 0.25) is 0 Å². The molecule has 0 atom stereocenters. The standard InChI is InChI=1S/C10H12F2N4O2/c11-6-1-2-8(7(12)5-6)15-10(17)14-4-3-9(13)16-18/h1-2,5,18H,3-4H2,(H2,13,16)(H2,14,15,17). The predicted molar refractivity (Wildman–Crippen MR) is 61.4 cm³/mol. The van der Waals surface area contributed by atoms with E-state index in [2.05, 4.69) is 15.8 Å². The van der Waals surface area contributed by atoms with Crippen molar-refractivity contribution >= 4 is 17.6 Å². The molecule has 0 spiro atoms. The summed E-state index contributed by atoms with van der Waals surface area (Å²) in [6.07, 6.45) is 0.149. The SMILES string of the molecule is NC(CCNC(=O)Nc1ccc(F)cc1F)=NO. The Morgan fingerprint density at radius 1 is 1.44 bits per heavy atom. The molecule has 0 aliphatic carbocycles. The van der Waals surface area contributed by atoms with Crippen LogP contribution in [0, 0.1) is 11.6 Å². The Bertz CT molecular complexity index is 465. The second kappa shape index (κ2) is 6.38. The molecule has 1 aromatic carbocycles. The first-order valence-corrected chi connectivity index (χ1v) is 4.99. The number of nitrogens with one attached hydrogen (secondary N) is 2. The van der Waals surface area contributed by atoms with Gasteiger partial charge in [0.25, 0.3) is 0 Å². The molecule has 0 unspecified atom stereocenters. The summed E-state index contributed by atoms with van der Waals surface area (Å²) in [5, 5.41) is 15.5. The Morgan fingerprint density at radius 3 is 2.78 bits per heavy atom. The first kappa shape index (κ1) is 13.7. The van der Waals surface area contributed by atoms with Crippen LogP contribution in [-0.4, -0.2) is 23.6 Å². The van der Waals surface area contributed by atoms with E-state index in [1.165, 1.54) is 0 Å². The van der Waals surface area contributed by atoms with Crippen LogP contribution < -0.4 is 16.4 Å². The van der Waals surface area contributed by atoms with Crippen LogP contribution >= 0.6 is 0 Å². The number of amidine groups is 1. The van der Waals surface area contributed by atoms with Crippen LogP contribution in [0.15, 0.2) is 23.4 Å². The van der Waals surface area contributed by atoms with Gasteiger partial charge in [0.2, 0.25) is 0 Å².